The Kier molecular flexibility index (Phi) is 3.52. The van der Waals surface area contributed by atoms with Gasteiger partial charge in [-0.1, -0.05) is 0 Å². The predicted octanol–water partition coefficient (Wildman–Crippen LogP) is 1.56. The van der Waals surface area contributed by atoms with E-state index in [1.54, 1.807) is 0 Å². The maximum Gasteiger partial charge on any atom is 0.242 e. The fourth-order valence-electron chi connectivity index (χ4n) is 1.76. The molecule has 2 rings (SSSR count). The molecule has 0 radical (unpaired) electrons. The molecule has 0 saturated carbocycles. The topological polar surface area (TPSA) is 67.2 Å². The lowest BCUT2D eigenvalue weighted by Gasteiger charge is -2.24. The highest BCUT2D eigenvalue weighted by Gasteiger charge is 2.21. The zero-order chi connectivity index (χ0) is 11.5. The van der Waals surface area contributed by atoms with Crippen molar-refractivity contribution in [2.75, 3.05) is 17.6 Å². The van der Waals surface area contributed by atoms with Crippen LogP contribution in [0.2, 0.25) is 0 Å². The van der Waals surface area contributed by atoms with Crippen LogP contribution in [0.1, 0.15) is 12.8 Å². The molecule has 86 valence electrons. The number of anilines is 2. The highest BCUT2D eigenvalue weighted by Crippen LogP contribution is 2.22. The van der Waals surface area contributed by atoms with E-state index >= 15 is 0 Å². The minimum absolute atomic E-state index is 0.0594. The predicted molar refractivity (Wildman–Crippen MR) is 73.2 cm³/mol. The van der Waals surface area contributed by atoms with E-state index in [1.165, 1.54) is 0 Å². The fraction of sp³-hybridized carbons (Fsp3) is 0.364. The van der Waals surface area contributed by atoms with Gasteiger partial charge in [0.25, 0.3) is 0 Å². The third-order valence-corrected chi connectivity index (χ3v) is 3.30. The average Bonchev–Trinajstić information content (AvgIpc) is 2.25. The van der Waals surface area contributed by atoms with Crippen LogP contribution in [0.5, 0.6) is 0 Å². The molecule has 16 heavy (non-hydrogen) atoms. The second kappa shape index (κ2) is 4.90. The fourth-order valence-corrected chi connectivity index (χ4v) is 2.28. The Bertz CT molecular complexity index is 408. The van der Waals surface area contributed by atoms with Crippen molar-refractivity contribution in [3.05, 3.63) is 21.8 Å². The van der Waals surface area contributed by atoms with E-state index in [0.29, 0.717) is 5.69 Å². The zero-order valence-corrected chi connectivity index (χ0v) is 11.0. The van der Waals surface area contributed by atoms with Gasteiger partial charge in [-0.2, -0.15) is 0 Å². The average molecular weight is 331 g/mol. The summed E-state index contributed by atoms with van der Waals surface area (Å²) in [5.74, 6) is 0.0594. The summed E-state index contributed by atoms with van der Waals surface area (Å²) < 4.78 is 1.09. The van der Waals surface area contributed by atoms with Gasteiger partial charge in [-0.15, -0.1) is 0 Å². The lowest BCUT2D eigenvalue weighted by atomic mass is 10.1. The van der Waals surface area contributed by atoms with Gasteiger partial charge < -0.3 is 16.4 Å². The Hall–Kier alpha value is -0.980. The van der Waals surface area contributed by atoms with Gasteiger partial charge in [0.15, 0.2) is 0 Å². The Morgan fingerprint density at radius 2 is 2.31 bits per heavy atom. The number of nitrogens with two attached hydrogens (primary N) is 1. The lowest BCUT2D eigenvalue weighted by molar-refractivity contribution is -0.123. The zero-order valence-electron chi connectivity index (χ0n) is 8.79. The number of rotatable bonds is 2. The van der Waals surface area contributed by atoms with E-state index in [2.05, 4.69) is 33.2 Å². The molecular formula is C11H14IN3O. The van der Waals surface area contributed by atoms with Gasteiger partial charge in [0, 0.05) is 10.1 Å². The maximum atomic E-state index is 11.6. The summed E-state index contributed by atoms with van der Waals surface area (Å²) >= 11 is 2.21. The first kappa shape index (κ1) is 11.5. The standard InChI is InChI=1S/C11H14IN3O/c12-7-3-4-9(8(13)6-7)15-10-2-1-5-14-11(10)16/h3-4,6,10,15H,1-2,5,13H2,(H,14,16). The second-order valence-electron chi connectivity index (χ2n) is 3.86. The SMILES string of the molecule is Nc1cc(I)ccc1NC1CCCNC1=O. The Morgan fingerprint density at radius 3 is 3.00 bits per heavy atom. The van der Waals surface area contributed by atoms with Gasteiger partial charge in [-0.25, -0.2) is 0 Å². The maximum absolute atomic E-state index is 11.6. The second-order valence-corrected chi connectivity index (χ2v) is 5.11. The van der Waals surface area contributed by atoms with Crippen molar-refractivity contribution in [3.63, 3.8) is 0 Å². The smallest absolute Gasteiger partial charge is 0.242 e. The molecule has 0 aliphatic carbocycles. The number of carbonyl (C=O) groups excluding carboxylic acids is 1. The van der Waals surface area contributed by atoms with Gasteiger partial charge in [-0.05, 0) is 53.6 Å². The molecule has 1 saturated heterocycles. The van der Waals surface area contributed by atoms with Crippen molar-refractivity contribution in [1.29, 1.82) is 0 Å². The van der Waals surface area contributed by atoms with Crippen LogP contribution >= 0.6 is 22.6 Å². The molecule has 4 N–H and O–H groups in total. The molecule has 4 nitrogen and oxygen atoms in total. The summed E-state index contributed by atoms with van der Waals surface area (Å²) in [6, 6.07) is 5.62. The highest BCUT2D eigenvalue weighted by molar-refractivity contribution is 14.1. The Labute approximate surface area is 108 Å². The molecule has 0 spiro atoms. The molecule has 1 heterocycles. The monoisotopic (exact) mass is 331 g/mol. The van der Waals surface area contributed by atoms with Crippen LogP contribution in [0.3, 0.4) is 0 Å². The number of hydrogen-bond donors (Lipinski definition) is 3. The molecule has 0 bridgehead atoms. The molecule has 5 heteroatoms. The molecule has 1 atom stereocenters. The minimum Gasteiger partial charge on any atom is -0.397 e. The Morgan fingerprint density at radius 1 is 1.50 bits per heavy atom. The number of amides is 1. The normalized spacial score (nSPS) is 20.3. The molecule has 1 aliphatic heterocycles. The van der Waals surface area contributed by atoms with Gasteiger partial charge >= 0.3 is 0 Å². The number of benzene rings is 1. The molecule has 1 fully saturated rings. The van der Waals surface area contributed by atoms with Crippen LogP contribution in [-0.4, -0.2) is 18.5 Å². The molecule has 1 aliphatic rings. The largest absolute Gasteiger partial charge is 0.397 e. The Balaban J connectivity index is 2.10. The van der Waals surface area contributed by atoms with Gasteiger partial charge in [0.1, 0.15) is 6.04 Å². The summed E-state index contributed by atoms with van der Waals surface area (Å²) in [5, 5.41) is 6.03. The van der Waals surface area contributed by atoms with Gasteiger partial charge in [0.2, 0.25) is 5.91 Å². The summed E-state index contributed by atoms with van der Waals surface area (Å²) in [6.07, 6.45) is 1.87. The van der Waals surface area contributed by atoms with Crippen molar-refractivity contribution in [2.24, 2.45) is 0 Å². The first-order valence-corrected chi connectivity index (χ1v) is 6.34. The van der Waals surface area contributed by atoms with Crippen molar-refractivity contribution in [1.82, 2.24) is 5.32 Å². The number of nitrogen functional groups attached to an aromatic ring is 1. The number of nitrogens with one attached hydrogen (secondary N) is 2. The van der Waals surface area contributed by atoms with Crippen LogP contribution < -0.4 is 16.4 Å². The molecule has 1 aromatic carbocycles. The number of piperidine rings is 1. The van der Waals surface area contributed by atoms with Crippen LogP contribution in [0.15, 0.2) is 18.2 Å². The quantitative estimate of drug-likeness (QED) is 0.569. The number of hydrogen-bond acceptors (Lipinski definition) is 3. The highest BCUT2D eigenvalue weighted by atomic mass is 127. The lowest BCUT2D eigenvalue weighted by Crippen LogP contribution is -2.44. The van der Waals surface area contributed by atoms with E-state index < -0.39 is 0 Å². The van der Waals surface area contributed by atoms with E-state index in [0.717, 1.165) is 28.6 Å². The van der Waals surface area contributed by atoms with Crippen molar-refractivity contribution in [2.45, 2.75) is 18.9 Å². The summed E-state index contributed by atoms with van der Waals surface area (Å²) in [7, 11) is 0. The van der Waals surface area contributed by atoms with Gasteiger partial charge in [-0.3, -0.25) is 4.79 Å². The molecular weight excluding hydrogens is 317 g/mol. The molecule has 1 amide bonds. The van der Waals surface area contributed by atoms with Crippen LogP contribution in [-0.2, 0) is 4.79 Å². The van der Waals surface area contributed by atoms with Gasteiger partial charge in [0.05, 0.1) is 11.4 Å². The first-order valence-electron chi connectivity index (χ1n) is 5.26. The molecule has 0 aromatic heterocycles. The number of halogens is 1. The minimum atomic E-state index is -0.156. The van der Waals surface area contributed by atoms with Crippen molar-refractivity contribution < 1.29 is 4.79 Å². The van der Waals surface area contributed by atoms with E-state index in [9.17, 15) is 4.79 Å². The molecule has 1 aromatic rings. The van der Waals surface area contributed by atoms with E-state index in [4.69, 9.17) is 5.73 Å². The van der Waals surface area contributed by atoms with Crippen LogP contribution in [0, 0.1) is 3.57 Å². The van der Waals surface area contributed by atoms with Crippen molar-refractivity contribution in [3.8, 4) is 0 Å². The van der Waals surface area contributed by atoms with E-state index in [-0.39, 0.29) is 11.9 Å². The summed E-state index contributed by atoms with van der Waals surface area (Å²) in [4.78, 5) is 11.6. The molecule has 1 unspecified atom stereocenters. The number of carbonyl (C=O) groups is 1. The third kappa shape index (κ3) is 2.58. The van der Waals surface area contributed by atoms with Crippen LogP contribution in [0.25, 0.3) is 0 Å². The third-order valence-electron chi connectivity index (χ3n) is 2.63. The van der Waals surface area contributed by atoms with E-state index in [1.807, 2.05) is 18.2 Å². The van der Waals surface area contributed by atoms with Crippen molar-refractivity contribution >= 4 is 39.9 Å². The van der Waals surface area contributed by atoms with Crippen LogP contribution in [0.4, 0.5) is 11.4 Å². The summed E-state index contributed by atoms with van der Waals surface area (Å²) in [6.45, 7) is 0.777. The first-order chi connectivity index (χ1) is 7.66. The summed E-state index contributed by atoms with van der Waals surface area (Å²) in [5.41, 5.74) is 7.41.